The molecule has 1 aliphatic carbocycles. The summed E-state index contributed by atoms with van der Waals surface area (Å²) in [6.45, 7) is 1.62. The summed E-state index contributed by atoms with van der Waals surface area (Å²) < 4.78 is 0. The van der Waals surface area contributed by atoms with Crippen molar-refractivity contribution in [2.24, 2.45) is 0 Å². The fourth-order valence-corrected chi connectivity index (χ4v) is 4.12. The lowest BCUT2D eigenvalue weighted by Gasteiger charge is -2.21. The van der Waals surface area contributed by atoms with Crippen molar-refractivity contribution in [1.29, 1.82) is 0 Å². The normalized spacial score (nSPS) is 26.0. The highest BCUT2D eigenvalue weighted by Crippen LogP contribution is 2.37. The number of amides is 3. The zero-order valence-corrected chi connectivity index (χ0v) is 13.4. The Hall–Kier alpha value is -1.69. The Bertz CT molecular complexity index is 593. The first-order valence-electron chi connectivity index (χ1n) is 7.67. The lowest BCUT2D eigenvalue weighted by molar-refractivity contribution is -0.143. The Kier molecular flexibility index (Phi) is 4.04. The highest BCUT2D eigenvalue weighted by Gasteiger charge is 2.49. The third kappa shape index (κ3) is 2.67. The number of carbonyl (C=O) groups is 3. The monoisotopic (exact) mass is 320 g/mol. The van der Waals surface area contributed by atoms with Crippen LogP contribution in [0.2, 0.25) is 0 Å². The number of thiophene rings is 1. The van der Waals surface area contributed by atoms with Crippen molar-refractivity contribution < 1.29 is 14.4 Å². The van der Waals surface area contributed by atoms with Crippen LogP contribution < -0.4 is 5.32 Å². The van der Waals surface area contributed by atoms with Gasteiger partial charge in [-0.25, -0.2) is 0 Å². The van der Waals surface area contributed by atoms with Gasteiger partial charge in [-0.15, -0.1) is 0 Å². The van der Waals surface area contributed by atoms with Gasteiger partial charge in [-0.1, -0.05) is 12.8 Å². The molecule has 5 nitrogen and oxygen atoms in total. The van der Waals surface area contributed by atoms with Crippen molar-refractivity contribution in [2.75, 3.05) is 6.54 Å². The summed E-state index contributed by atoms with van der Waals surface area (Å²) >= 11 is 1.50. The molecular formula is C16H20N2O3S. The van der Waals surface area contributed by atoms with E-state index in [1.165, 1.54) is 11.3 Å². The van der Waals surface area contributed by atoms with E-state index >= 15 is 0 Å². The molecule has 1 atom stereocenters. The number of hydrogen-bond donors (Lipinski definition) is 1. The number of carbonyl (C=O) groups excluding carboxylic acids is 3. The van der Waals surface area contributed by atoms with E-state index in [1.807, 2.05) is 16.8 Å². The minimum Gasteiger partial charge on any atom is -0.352 e. The maximum absolute atomic E-state index is 12.6. The predicted octanol–water partition coefficient (Wildman–Crippen LogP) is 1.82. The Morgan fingerprint density at radius 3 is 2.77 bits per heavy atom. The minimum absolute atomic E-state index is 0.138. The summed E-state index contributed by atoms with van der Waals surface area (Å²) in [6.07, 6.45) is 4.37. The van der Waals surface area contributed by atoms with Crippen LogP contribution in [0.3, 0.4) is 0 Å². The fourth-order valence-electron chi connectivity index (χ4n) is 3.34. The zero-order chi connectivity index (χ0) is 15.7. The summed E-state index contributed by atoms with van der Waals surface area (Å²) in [6, 6.07) is 2.07. The van der Waals surface area contributed by atoms with Gasteiger partial charge in [0.2, 0.25) is 17.7 Å². The molecule has 2 aliphatic rings. The fraction of sp³-hybridized carbons (Fsp3) is 0.562. The molecule has 3 rings (SSSR count). The molecule has 1 N–H and O–H groups in total. The molecule has 0 aromatic carbocycles. The first kappa shape index (κ1) is 15.2. The summed E-state index contributed by atoms with van der Waals surface area (Å²) in [5.74, 6) is -0.763. The lowest BCUT2D eigenvalue weighted by Crippen LogP contribution is -2.45. The van der Waals surface area contributed by atoms with E-state index in [-0.39, 0.29) is 36.7 Å². The van der Waals surface area contributed by atoms with Crippen molar-refractivity contribution in [2.45, 2.75) is 50.5 Å². The third-order valence-electron chi connectivity index (χ3n) is 4.70. The minimum atomic E-state index is -0.829. The van der Waals surface area contributed by atoms with Crippen molar-refractivity contribution in [1.82, 2.24) is 10.2 Å². The van der Waals surface area contributed by atoms with Crippen molar-refractivity contribution in [3.8, 4) is 0 Å². The van der Waals surface area contributed by atoms with Crippen LogP contribution in [-0.4, -0.2) is 35.2 Å². The number of likely N-dealkylation sites (tertiary alicyclic amines) is 1. The average molecular weight is 320 g/mol. The molecule has 2 fully saturated rings. The predicted molar refractivity (Wildman–Crippen MR) is 83.4 cm³/mol. The van der Waals surface area contributed by atoms with E-state index in [0.717, 1.165) is 36.1 Å². The number of imide groups is 1. The van der Waals surface area contributed by atoms with Gasteiger partial charge in [-0.2, -0.15) is 11.3 Å². The largest absolute Gasteiger partial charge is 0.352 e. The molecule has 1 saturated heterocycles. The van der Waals surface area contributed by atoms with Crippen molar-refractivity contribution >= 4 is 29.1 Å². The van der Waals surface area contributed by atoms with E-state index in [0.29, 0.717) is 0 Å². The van der Waals surface area contributed by atoms with Gasteiger partial charge >= 0.3 is 0 Å². The van der Waals surface area contributed by atoms with Crippen LogP contribution >= 0.6 is 11.3 Å². The van der Waals surface area contributed by atoms with Crippen LogP contribution in [0.1, 0.15) is 44.6 Å². The second-order valence-corrected chi connectivity index (χ2v) is 7.13. The van der Waals surface area contributed by atoms with Crippen molar-refractivity contribution in [3.63, 3.8) is 0 Å². The molecule has 22 heavy (non-hydrogen) atoms. The molecule has 0 unspecified atom stereocenters. The van der Waals surface area contributed by atoms with Crippen LogP contribution in [0.4, 0.5) is 0 Å². The number of hydrogen-bond acceptors (Lipinski definition) is 4. The number of nitrogens with one attached hydrogen (secondary N) is 1. The van der Waals surface area contributed by atoms with E-state index in [2.05, 4.69) is 5.32 Å². The average Bonchev–Trinajstić information content (AvgIpc) is 3.19. The Morgan fingerprint density at radius 1 is 1.41 bits per heavy atom. The summed E-state index contributed by atoms with van der Waals surface area (Å²) in [5, 5.41) is 6.72. The third-order valence-corrected chi connectivity index (χ3v) is 5.39. The molecule has 0 radical (unpaired) electrons. The van der Waals surface area contributed by atoms with Crippen LogP contribution in [-0.2, 0) is 19.8 Å². The SMILES string of the molecule is C[C@@]1(c2ccsc2)CC(=O)N(CC(=O)NC2CCCC2)C1=O. The standard InChI is InChI=1S/C16H20N2O3S/c1-16(11-6-7-22-10-11)8-14(20)18(15(16)21)9-13(19)17-12-4-2-3-5-12/h6-7,10,12H,2-5,8-9H2,1H3,(H,17,19)/t16-/m0/s1. The van der Waals surface area contributed by atoms with Gasteiger partial charge in [-0.05, 0) is 42.2 Å². The number of nitrogens with zero attached hydrogens (tertiary/aromatic N) is 1. The summed E-state index contributed by atoms with van der Waals surface area (Å²) in [5.41, 5.74) is 0.0274. The first-order valence-corrected chi connectivity index (χ1v) is 8.62. The van der Waals surface area contributed by atoms with E-state index < -0.39 is 5.41 Å². The molecule has 1 aliphatic heterocycles. The van der Waals surface area contributed by atoms with Crippen LogP contribution in [0.15, 0.2) is 16.8 Å². The van der Waals surface area contributed by atoms with Gasteiger partial charge in [0.15, 0.2) is 0 Å². The zero-order valence-electron chi connectivity index (χ0n) is 12.6. The van der Waals surface area contributed by atoms with E-state index in [4.69, 9.17) is 0 Å². The van der Waals surface area contributed by atoms with E-state index in [9.17, 15) is 14.4 Å². The Balaban J connectivity index is 1.68. The highest BCUT2D eigenvalue weighted by molar-refractivity contribution is 7.08. The maximum Gasteiger partial charge on any atom is 0.240 e. The van der Waals surface area contributed by atoms with Gasteiger partial charge in [0, 0.05) is 12.5 Å². The summed E-state index contributed by atoms with van der Waals surface area (Å²) in [4.78, 5) is 38.0. The summed E-state index contributed by atoms with van der Waals surface area (Å²) in [7, 11) is 0. The topological polar surface area (TPSA) is 66.5 Å². The lowest BCUT2D eigenvalue weighted by atomic mass is 9.83. The Morgan fingerprint density at radius 2 is 2.14 bits per heavy atom. The van der Waals surface area contributed by atoms with Gasteiger partial charge in [0.1, 0.15) is 6.54 Å². The van der Waals surface area contributed by atoms with Gasteiger partial charge < -0.3 is 5.32 Å². The molecule has 118 valence electrons. The Labute approximate surface area is 133 Å². The highest BCUT2D eigenvalue weighted by atomic mass is 32.1. The molecule has 6 heteroatoms. The second kappa shape index (κ2) is 5.83. The maximum atomic E-state index is 12.6. The molecule has 0 bridgehead atoms. The molecule has 3 amide bonds. The molecule has 1 aromatic heterocycles. The van der Waals surface area contributed by atoms with Gasteiger partial charge in [0.05, 0.1) is 5.41 Å². The van der Waals surface area contributed by atoms with Crippen LogP contribution in [0, 0.1) is 0 Å². The smallest absolute Gasteiger partial charge is 0.240 e. The van der Waals surface area contributed by atoms with Crippen molar-refractivity contribution in [3.05, 3.63) is 22.4 Å². The number of rotatable bonds is 4. The molecule has 1 saturated carbocycles. The van der Waals surface area contributed by atoms with Gasteiger partial charge in [-0.3, -0.25) is 19.3 Å². The molecule has 0 spiro atoms. The molecule has 2 heterocycles. The first-order chi connectivity index (χ1) is 10.5. The quantitative estimate of drug-likeness (QED) is 0.861. The second-order valence-electron chi connectivity index (χ2n) is 6.35. The van der Waals surface area contributed by atoms with E-state index in [1.54, 1.807) is 6.92 Å². The molecular weight excluding hydrogens is 300 g/mol. The van der Waals surface area contributed by atoms with Crippen LogP contribution in [0.5, 0.6) is 0 Å². The molecule has 1 aromatic rings. The van der Waals surface area contributed by atoms with Gasteiger partial charge in [0.25, 0.3) is 0 Å². The van der Waals surface area contributed by atoms with Crippen LogP contribution in [0.25, 0.3) is 0 Å².